The van der Waals surface area contributed by atoms with E-state index in [1.807, 2.05) is 6.92 Å². The zero-order valence-corrected chi connectivity index (χ0v) is 12.0. The van der Waals surface area contributed by atoms with Crippen LogP contribution in [0.3, 0.4) is 0 Å². The first-order valence-electron chi connectivity index (χ1n) is 5.62. The molecule has 4 heteroatoms. The molecule has 0 aromatic heterocycles. The van der Waals surface area contributed by atoms with Crippen LogP contribution in [0.1, 0.15) is 25.3 Å². The van der Waals surface area contributed by atoms with Crippen molar-refractivity contribution in [1.29, 1.82) is 0 Å². The summed E-state index contributed by atoms with van der Waals surface area (Å²) in [5.74, 6) is 1.02. The molecule has 0 saturated carbocycles. The van der Waals surface area contributed by atoms with Crippen LogP contribution in [-0.4, -0.2) is 16.3 Å². The summed E-state index contributed by atoms with van der Waals surface area (Å²) in [4.78, 5) is 12.2. The number of hydrogen-bond donors (Lipinski definition) is 0. The quantitative estimate of drug-likeness (QED) is 0.839. The summed E-state index contributed by atoms with van der Waals surface area (Å²) in [6.07, 6.45) is 2.46. The predicted molar refractivity (Wildman–Crippen MR) is 72.9 cm³/mol. The van der Waals surface area contributed by atoms with Gasteiger partial charge in [0.2, 0.25) is 0 Å². The van der Waals surface area contributed by atoms with Gasteiger partial charge < -0.3 is 0 Å². The number of benzene rings is 1. The summed E-state index contributed by atoms with van der Waals surface area (Å²) in [5.41, 5.74) is 0.872. The van der Waals surface area contributed by atoms with Gasteiger partial charge in [-0.25, -0.2) is 4.39 Å². The lowest BCUT2D eigenvalue weighted by molar-refractivity contribution is -0.120. The van der Waals surface area contributed by atoms with Gasteiger partial charge in [-0.1, -0.05) is 6.07 Å². The Bertz CT molecular complexity index is 441. The van der Waals surface area contributed by atoms with Crippen LogP contribution in [0, 0.1) is 5.82 Å². The maximum Gasteiger partial charge on any atom is 0.152 e. The molecule has 1 fully saturated rings. The van der Waals surface area contributed by atoms with Crippen LogP contribution in [0.5, 0.6) is 0 Å². The second-order valence-electron chi connectivity index (χ2n) is 4.53. The second kappa shape index (κ2) is 5.11. The lowest BCUT2D eigenvalue weighted by Crippen LogP contribution is -2.30. The number of ketones is 1. The largest absolute Gasteiger partial charge is 0.298 e. The number of thioether (sulfide) groups is 1. The number of carbonyl (C=O) groups is 1. The zero-order chi connectivity index (χ0) is 12.5. The van der Waals surface area contributed by atoms with E-state index in [0.717, 1.165) is 24.2 Å². The molecule has 1 unspecified atom stereocenters. The molecule has 1 nitrogen and oxygen atoms in total. The van der Waals surface area contributed by atoms with Crippen molar-refractivity contribution in [2.24, 2.45) is 0 Å². The first-order valence-corrected chi connectivity index (χ1v) is 7.40. The Kier molecular flexibility index (Phi) is 3.93. The molecular formula is C13H14BrFOS. The highest BCUT2D eigenvalue weighted by atomic mass is 79.9. The van der Waals surface area contributed by atoms with Crippen LogP contribution in [0.25, 0.3) is 0 Å². The lowest BCUT2D eigenvalue weighted by atomic mass is 9.95. The van der Waals surface area contributed by atoms with Crippen LogP contribution in [0.4, 0.5) is 4.39 Å². The molecule has 1 aromatic carbocycles. The van der Waals surface area contributed by atoms with Crippen molar-refractivity contribution in [3.63, 3.8) is 0 Å². The monoisotopic (exact) mass is 316 g/mol. The van der Waals surface area contributed by atoms with Crippen molar-refractivity contribution in [3.8, 4) is 0 Å². The van der Waals surface area contributed by atoms with E-state index < -0.39 is 0 Å². The Morgan fingerprint density at radius 1 is 1.59 bits per heavy atom. The Balaban J connectivity index is 2.10. The first kappa shape index (κ1) is 13.1. The first-order chi connectivity index (χ1) is 8.01. The number of rotatable bonds is 3. The minimum Gasteiger partial charge on any atom is -0.298 e. The van der Waals surface area contributed by atoms with E-state index in [9.17, 15) is 9.18 Å². The Labute approximate surface area is 113 Å². The van der Waals surface area contributed by atoms with E-state index in [4.69, 9.17) is 0 Å². The Hall–Kier alpha value is -0.350. The van der Waals surface area contributed by atoms with E-state index >= 15 is 0 Å². The van der Waals surface area contributed by atoms with E-state index in [0.29, 0.717) is 10.9 Å². The smallest absolute Gasteiger partial charge is 0.152 e. The van der Waals surface area contributed by atoms with E-state index in [1.54, 1.807) is 23.9 Å². The predicted octanol–water partition coefficient (Wildman–Crippen LogP) is 3.99. The molecule has 0 bridgehead atoms. The Morgan fingerprint density at radius 2 is 2.35 bits per heavy atom. The van der Waals surface area contributed by atoms with Gasteiger partial charge in [-0.05, 0) is 59.1 Å². The van der Waals surface area contributed by atoms with Gasteiger partial charge in [0.05, 0.1) is 9.22 Å². The van der Waals surface area contributed by atoms with Crippen LogP contribution < -0.4 is 0 Å². The third kappa shape index (κ3) is 2.91. The molecule has 1 atom stereocenters. The van der Waals surface area contributed by atoms with Gasteiger partial charge in [-0.15, -0.1) is 11.8 Å². The topological polar surface area (TPSA) is 17.1 Å². The van der Waals surface area contributed by atoms with Crippen LogP contribution in [0.2, 0.25) is 0 Å². The van der Waals surface area contributed by atoms with Crippen molar-refractivity contribution in [2.45, 2.75) is 30.9 Å². The molecule has 0 radical (unpaired) electrons. The molecular weight excluding hydrogens is 303 g/mol. The summed E-state index contributed by atoms with van der Waals surface area (Å²) in [7, 11) is 0. The zero-order valence-electron chi connectivity index (χ0n) is 9.63. The Morgan fingerprint density at radius 3 is 2.94 bits per heavy atom. The molecule has 2 rings (SSSR count). The van der Waals surface area contributed by atoms with Crippen LogP contribution >= 0.6 is 27.7 Å². The summed E-state index contributed by atoms with van der Waals surface area (Å²) >= 11 is 4.89. The number of hydrogen-bond acceptors (Lipinski definition) is 2. The molecule has 1 aliphatic rings. The van der Waals surface area contributed by atoms with Crippen LogP contribution in [0.15, 0.2) is 22.7 Å². The highest BCUT2D eigenvalue weighted by Crippen LogP contribution is 2.39. The number of Topliss-reactive ketones (excluding diaryl/α,β-unsaturated/α-hetero) is 1. The van der Waals surface area contributed by atoms with Crippen molar-refractivity contribution in [3.05, 3.63) is 34.1 Å². The summed E-state index contributed by atoms with van der Waals surface area (Å²) < 4.78 is 13.3. The number of carbonyl (C=O) groups excluding carboxylic acids is 1. The van der Waals surface area contributed by atoms with E-state index in [2.05, 4.69) is 15.9 Å². The van der Waals surface area contributed by atoms with Gasteiger partial charge in [0.15, 0.2) is 5.78 Å². The minimum absolute atomic E-state index is 0.235. The van der Waals surface area contributed by atoms with Gasteiger partial charge in [0, 0.05) is 6.42 Å². The summed E-state index contributed by atoms with van der Waals surface area (Å²) in [5, 5.41) is 0. The fourth-order valence-electron chi connectivity index (χ4n) is 2.02. The molecule has 0 spiro atoms. The fourth-order valence-corrected chi connectivity index (χ4v) is 3.71. The van der Waals surface area contributed by atoms with Crippen molar-refractivity contribution >= 4 is 33.5 Å². The van der Waals surface area contributed by atoms with Crippen molar-refractivity contribution < 1.29 is 9.18 Å². The molecule has 1 saturated heterocycles. The van der Waals surface area contributed by atoms with E-state index in [-0.39, 0.29) is 16.3 Å². The third-order valence-corrected chi connectivity index (χ3v) is 5.33. The maximum absolute atomic E-state index is 13.1. The average molecular weight is 317 g/mol. The molecule has 1 aliphatic heterocycles. The highest BCUT2D eigenvalue weighted by Gasteiger charge is 2.36. The molecule has 17 heavy (non-hydrogen) atoms. The molecule has 92 valence electrons. The van der Waals surface area contributed by atoms with Gasteiger partial charge in [-0.2, -0.15) is 0 Å². The highest BCUT2D eigenvalue weighted by molar-refractivity contribution is 9.10. The van der Waals surface area contributed by atoms with Gasteiger partial charge >= 0.3 is 0 Å². The average Bonchev–Trinajstić information content (AvgIpc) is 2.72. The van der Waals surface area contributed by atoms with Gasteiger partial charge in [0.1, 0.15) is 5.82 Å². The molecule has 1 aromatic rings. The standard InChI is InChI=1S/C13H14BrFOS/c1-13(5-2-6-17-13)12(16)8-9-3-4-11(15)10(14)7-9/h3-4,7H,2,5-6,8H2,1H3. The van der Waals surface area contributed by atoms with Crippen molar-refractivity contribution in [2.75, 3.05) is 5.75 Å². The minimum atomic E-state index is -0.289. The number of halogens is 2. The SMILES string of the molecule is CC1(C(=O)Cc2ccc(F)c(Br)c2)CCCS1. The maximum atomic E-state index is 13.1. The third-order valence-electron chi connectivity index (χ3n) is 3.16. The summed E-state index contributed by atoms with van der Waals surface area (Å²) in [6.45, 7) is 2.02. The molecule has 1 heterocycles. The molecule has 0 aliphatic carbocycles. The van der Waals surface area contributed by atoms with Crippen LogP contribution in [-0.2, 0) is 11.2 Å². The molecule has 0 N–H and O–H groups in total. The van der Waals surface area contributed by atoms with Crippen molar-refractivity contribution in [1.82, 2.24) is 0 Å². The van der Waals surface area contributed by atoms with Gasteiger partial charge in [-0.3, -0.25) is 4.79 Å². The normalized spacial score (nSPS) is 23.9. The fraction of sp³-hybridized carbons (Fsp3) is 0.462. The summed E-state index contributed by atoms with van der Waals surface area (Å²) in [6, 6.07) is 4.77. The van der Waals surface area contributed by atoms with Gasteiger partial charge in [0.25, 0.3) is 0 Å². The molecule has 0 amide bonds. The van der Waals surface area contributed by atoms with E-state index in [1.165, 1.54) is 6.07 Å². The second-order valence-corrected chi connectivity index (χ2v) is 6.98. The lowest BCUT2D eigenvalue weighted by Gasteiger charge is -2.20.